The van der Waals surface area contributed by atoms with Gasteiger partial charge in [0.1, 0.15) is 0 Å². The van der Waals surface area contributed by atoms with Crippen molar-refractivity contribution in [3.63, 3.8) is 0 Å². The highest BCUT2D eigenvalue weighted by atomic mass is 32.2. The number of sulfonamides is 1. The molecule has 0 atom stereocenters. The number of nitrogens with one attached hydrogen (secondary N) is 1. The van der Waals surface area contributed by atoms with Crippen molar-refractivity contribution < 1.29 is 21.6 Å². The fourth-order valence-corrected chi connectivity index (χ4v) is 3.49. The lowest BCUT2D eigenvalue weighted by molar-refractivity contribution is -0.134. The van der Waals surface area contributed by atoms with Gasteiger partial charge in [-0.25, -0.2) is 8.42 Å². The number of alkyl halides is 3. The molecule has 1 saturated carbocycles. The maximum Gasteiger partial charge on any atom is 0.389 e. The van der Waals surface area contributed by atoms with Crippen molar-refractivity contribution in [1.29, 1.82) is 5.41 Å². The van der Waals surface area contributed by atoms with Gasteiger partial charge < -0.3 is 5.73 Å². The maximum absolute atomic E-state index is 12.0. The lowest BCUT2D eigenvalue weighted by Gasteiger charge is -2.21. The molecule has 19 heavy (non-hydrogen) atoms. The summed E-state index contributed by atoms with van der Waals surface area (Å²) in [4.78, 5) is 0. The van der Waals surface area contributed by atoms with Crippen molar-refractivity contribution in [2.75, 3.05) is 12.3 Å². The fraction of sp³-hybridized carbons (Fsp3) is 0.900. The van der Waals surface area contributed by atoms with Crippen LogP contribution in [-0.2, 0) is 10.0 Å². The van der Waals surface area contributed by atoms with E-state index in [0.29, 0.717) is 0 Å². The second-order valence-electron chi connectivity index (χ2n) is 4.65. The van der Waals surface area contributed by atoms with Gasteiger partial charge in [0, 0.05) is 25.4 Å². The molecular formula is C10H18F3N3O2S. The van der Waals surface area contributed by atoms with E-state index in [2.05, 4.69) is 0 Å². The second-order valence-corrected chi connectivity index (χ2v) is 6.69. The number of amidine groups is 1. The van der Waals surface area contributed by atoms with E-state index in [1.54, 1.807) is 0 Å². The van der Waals surface area contributed by atoms with Crippen molar-refractivity contribution in [2.24, 2.45) is 5.73 Å². The first-order valence-electron chi connectivity index (χ1n) is 6.01. The Balaban J connectivity index is 2.53. The van der Waals surface area contributed by atoms with Crippen LogP contribution in [0.2, 0.25) is 0 Å². The van der Waals surface area contributed by atoms with Gasteiger partial charge in [0.2, 0.25) is 10.0 Å². The van der Waals surface area contributed by atoms with Crippen LogP contribution in [0.4, 0.5) is 13.2 Å². The van der Waals surface area contributed by atoms with Gasteiger partial charge in [0.25, 0.3) is 0 Å². The molecule has 1 aliphatic rings. The zero-order valence-electron chi connectivity index (χ0n) is 10.4. The Hall–Kier alpha value is -0.830. The average Bonchev–Trinajstić information content (AvgIpc) is 2.98. The van der Waals surface area contributed by atoms with Gasteiger partial charge in [0.15, 0.2) is 0 Å². The summed E-state index contributed by atoms with van der Waals surface area (Å²) in [6.45, 7) is 0.0777. The topological polar surface area (TPSA) is 87.2 Å². The Morgan fingerprint density at radius 2 is 1.95 bits per heavy atom. The van der Waals surface area contributed by atoms with E-state index in [4.69, 9.17) is 11.1 Å². The van der Waals surface area contributed by atoms with Gasteiger partial charge in [-0.1, -0.05) is 0 Å². The molecule has 0 bridgehead atoms. The monoisotopic (exact) mass is 301 g/mol. The standard InChI is InChI=1S/C10H18F3N3O2S/c11-10(12,13)5-1-7-19(17,18)16(8-2-3-8)6-4-9(14)15/h8H,1-7H2,(H3,14,15). The molecule has 3 N–H and O–H groups in total. The van der Waals surface area contributed by atoms with Crippen molar-refractivity contribution in [3.05, 3.63) is 0 Å². The van der Waals surface area contributed by atoms with Crippen LogP contribution < -0.4 is 5.73 Å². The molecule has 9 heteroatoms. The van der Waals surface area contributed by atoms with Crippen LogP contribution in [0.3, 0.4) is 0 Å². The average molecular weight is 301 g/mol. The van der Waals surface area contributed by atoms with Gasteiger partial charge in [-0.05, 0) is 19.3 Å². The molecule has 0 unspecified atom stereocenters. The van der Waals surface area contributed by atoms with Crippen LogP contribution in [0.25, 0.3) is 0 Å². The molecule has 0 saturated heterocycles. The molecule has 0 spiro atoms. The smallest absolute Gasteiger partial charge is 0.388 e. The Morgan fingerprint density at radius 1 is 1.37 bits per heavy atom. The van der Waals surface area contributed by atoms with E-state index in [9.17, 15) is 21.6 Å². The molecule has 0 aliphatic heterocycles. The van der Waals surface area contributed by atoms with Gasteiger partial charge in [-0.15, -0.1) is 0 Å². The molecule has 0 aromatic heterocycles. The third-order valence-corrected chi connectivity index (χ3v) is 4.78. The number of rotatable bonds is 8. The second kappa shape index (κ2) is 6.08. The Bertz CT molecular complexity index is 418. The van der Waals surface area contributed by atoms with E-state index in [1.165, 1.54) is 4.31 Å². The number of halogens is 3. The summed E-state index contributed by atoms with van der Waals surface area (Å²) in [6.07, 6.45) is -4.33. The SMILES string of the molecule is N=C(N)CCN(C1CC1)S(=O)(=O)CCCC(F)(F)F. The highest BCUT2D eigenvalue weighted by molar-refractivity contribution is 7.89. The first-order valence-corrected chi connectivity index (χ1v) is 7.62. The predicted octanol–water partition coefficient (Wildman–Crippen LogP) is 1.45. The van der Waals surface area contributed by atoms with Crippen LogP contribution in [0.15, 0.2) is 0 Å². The minimum Gasteiger partial charge on any atom is -0.388 e. The summed E-state index contributed by atoms with van der Waals surface area (Å²) >= 11 is 0. The normalized spacial score (nSPS) is 16.8. The molecule has 0 aromatic carbocycles. The molecule has 112 valence electrons. The van der Waals surface area contributed by atoms with Crippen LogP contribution in [0.5, 0.6) is 0 Å². The Morgan fingerprint density at radius 3 is 2.37 bits per heavy atom. The molecule has 0 radical (unpaired) electrons. The van der Waals surface area contributed by atoms with Crippen LogP contribution >= 0.6 is 0 Å². The molecule has 5 nitrogen and oxygen atoms in total. The molecular weight excluding hydrogens is 283 g/mol. The number of nitrogens with two attached hydrogens (primary N) is 1. The third kappa shape index (κ3) is 6.24. The van der Waals surface area contributed by atoms with E-state index >= 15 is 0 Å². The molecule has 0 aromatic rings. The van der Waals surface area contributed by atoms with Crippen molar-refractivity contribution in [3.8, 4) is 0 Å². The molecule has 1 fully saturated rings. The highest BCUT2D eigenvalue weighted by Gasteiger charge is 2.37. The molecule has 1 aliphatic carbocycles. The van der Waals surface area contributed by atoms with Crippen molar-refractivity contribution in [1.82, 2.24) is 4.31 Å². The number of nitrogens with zero attached hydrogens (tertiary/aromatic N) is 1. The number of hydrogen-bond acceptors (Lipinski definition) is 3. The lowest BCUT2D eigenvalue weighted by atomic mass is 10.3. The zero-order valence-corrected chi connectivity index (χ0v) is 11.2. The predicted molar refractivity (Wildman–Crippen MR) is 65.3 cm³/mol. The van der Waals surface area contributed by atoms with Crippen molar-refractivity contribution >= 4 is 15.9 Å². The van der Waals surface area contributed by atoms with Crippen LogP contribution in [0, 0.1) is 5.41 Å². The highest BCUT2D eigenvalue weighted by Crippen LogP contribution is 2.30. The van der Waals surface area contributed by atoms with Crippen LogP contribution in [-0.4, -0.2) is 43.1 Å². The summed E-state index contributed by atoms with van der Waals surface area (Å²) in [5, 5.41) is 7.08. The van der Waals surface area contributed by atoms with Gasteiger partial charge in [0.05, 0.1) is 11.6 Å². The van der Waals surface area contributed by atoms with E-state index in [0.717, 1.165) is 12.8 Å². The third-order valence-electron chi connectivity index (χ3n) is 2.78. The van der Waals surface area contributed by atoms with E-state index in [1.807, 2.05) is 0 Å². The van der Waals surface area contributed by atoms with Gasteiger partial charge in [-0.2, -0.15) is 17.5 Å². The molecule has 1 rings (SSSR count). The summed E-state index contributed by atoms with van der Waals surface area (Å²) in [5.74, 6) is -0.642. The Kier molecular flexibility index (Phi) is 5.19. The van der Waals surface area contributed by atoms with E-state index in [-0.39, 0.29) is 24.8 Å². The zero-order chi connectivity index (χ0) is 14.7. The van der Waals surface area contributed by atoms with Crippen molar-refractivity contribution in [2.45, 2.75) is 44.3 Å². The van der Waals surface area contributed by atoms with Gasteiger partial charge >= 0.3 is 6.18 Å². The first kappa shape index (κ1) is 16.2. The quantitative estimate of drug-likeness (QED) is 0.525. The summed E-state index contributed by atoms with van der Waals surface area (Å²) in [7, 11) is -3.70. The Labute approximate surface area is 110 Å². The fourth-order valence-electron chi connectivity index (χ4n) is 1.71. The summed E-state index contributed by atoms with van der Waals surface area (Å²) in [6, 6.07) is -0.129. The first-order chi connectivity index (χ1) is 8.62. The van der Waals surface area contributed by atoms with Crippen LogP contribution in [0.1, 0.15) is 32.1 Å². The van der Waals surface area contributed by atoms with Gasteiger partial charge in [-0.3, -0.25) is 5.41 Å². The molecule has 0 heterocycles. The largest absolute Gasteiger partial charge is 0.389 e. The minimum atomic E-state index is -4.33. The summed E-state index contributed by atoms with van der Waals surface area (Å²) < 4.78 is 61.1. The number of hydrogen-bond donors (Lipinski definition) is 2. The summed E-state index contributed by atoms with van der Waals surface area (Å²) in [5.41, 5.74) is 5.17. The molecule has 0 amide bonds. The van der Waals surface area contributed by atoms with E-state index < -0.39 is 34.8 Å². The lowest BCUT2D eigenvalue weighted by Crippen LogP contribution is -2.37. The minimum absolute atomic E-state index is 0.0777. The maximum atomic E-state index is 12.0.